The van der Waals surface area contributed by atoms with E-state index in [1.807, 2.05) is 35.2 Å². The first-order chi connectivity index (χ1) is 13.7. The van der Waals surface area contributed by atoms with Crippen molar-refractivity contribution in [2.24, 2.45) is 0 Å². The molecular formula is C22H22N2O4. The van der Waals surface area contributed by atoms with Gasteiger partial charge in [-0.05, 0) is 30.5 Å². The lowest BCUT2D eigenvalue weighted by Crippen LogP contribution is -2.34. The van der Waals surface area contributed by atoms with E-state index in [0.717, 1.165) is 31.5 Å². The first-order valence-electron chi connectivity index (χ1n) is 9.31. The van der Waals surface area contributed by atoms with Crippen molar-refractivity contribution in [3.63, 3.8) is 0 Å². The molecule has 144 valence electrons. The molecule has 1 saturated heterocycles. The second-order valence-corrected chi connectivity index (χ2v) is 6.77. The predicted molar refractivity (Wildman–Crippen MR) is 106 cm³/mol. The first kappa shape index (κ1) is 18.1. The number of rotatable bonds is 5. The minimum atomic E-state index is -0.332. The van der Waals surface area contributed by atoms with Crippen molar-refractivity contribution in [1.82, 2.24) is 4.90 Å². The van der Waals surface area contributed by atoms with Crippen LogP contribution < -0.4 is 14.4 Å². The Bertz CT molecular complexity index is 946. The molecule has 0 aromatic heterocycles. The Labute approximate surface area is 164 Å². The number of anilines is 1. The average Bonchev–Trinajstić information content (AvgIpc) is 3.34. The number of methoxy groups -OCH3 is 2. The molecule has 0 bridgehead atoms. The van der Waals surface area contributed by atoms with Crippen LogP contribution in [0.25, 0.3) is 5.57 Å². The zero-order valence-electron chi connectivity index (χ0n) is 16.0. The average molecular weight is 378 g/mol. The van der Waals surface area contributed by atoms with Gasteiger partial charge >= 0.3 is 0 Å². The first-order valence-corrected chi connectivity index (χ1v) is 9.31. The highest BCUT2D eigenvalue weighted by Gasteiger charge is 2.43. The normalized spacial score (nSPS) is 16.9. The van der Waals surface area contributed by atoms with E-state index in [0.29, 0.717) is 28.5 Å². The van der Waals surface area contributed by atoms with Crippen LogP contribution in [0.2, 0.25) is 0 Å². The Balaban J connectivity index is 1.83. The van der Waals surface area contributed by atoms with Gasteiger partial charge in [0.15, 0.2) is 0 Å². The Hall–Kier alpha value is -3.28. The molecule has 2 amide bonds. The number of carbonyl (C=O) groups is 2. The summed E-state index contributed by atoms with van der Waals surface area (Å²) < 4.78 is 10.7. The molecule has 0 atom stereocenters. The van der Waals surface area contributed by atoms with Gasteiger partial charge < -0.3 is 14.4 Å². The lowest BCUT2D eigenvalue weighted by atomic mass is 10.0. The number of nitrogens with zero attached hydrogens (tertiary/aromatic N) is 2. The van der Waals surface area contributed by atoms with Gasteiger partial charge in [-0.2, -0.15) is 0 Å². The van der Waals surface area contributed by atoms with Crippen molar-refractivity contribution >= 4 is 23.1 Å². The minimum absolute atomic E-state index is 0.311. The molecule has 6 heteroatoms. The molecule has 1 fully saturated rings. The van der Waals surface area contributed by atoms with Gasteiger partial charge in [0.2, 0.25) is 0 Å². The molecule has 0 unspecified atom stereocenters. The predicted octanol–water partition coefficient (Wildman–Crippen LogP) is 3.08. The summed E-state index contributed by atoms with van der Waals surface area (Å²) in [4.78, 5) is 30.1. The van der Waals surface area contributed by atoms with Crippen LogP contribution in [0.1, 0.15) is 18.4 Å². The van der Waals surface area contributed by atoms with Crippen LogP contribution in [-0.4, -0.2) is 44.0 Å². The van der Waals surface area contributed by atoms with Crippen molar-refractivity contribution in [3.8, 4) is 11.5 Å². The Kier molecular flexibility index (Phi) is 4.77. The Morgan fingerprint density at radius 1 is 0.857 bits per heavy atom. The smallest absolute Gasteiger partial charge is 0.282 e. The van der Waals surface area contributed by atoms with E-state index in [2.05, 4.69) is 0 Å². The van der Waals surface area contributed by atoms with Crippen molar-refractivity contribution in [1.29, 1.82) is 0 Å². The fourth-order valence-electron chi connectivity index (χ4n) is 3.81. The number of hydrogen-bond acceptors (Lipinski definition) is 5. The quantitative estimate of drug-likeness (QED) is 0.749. The molecule has 2 heterocycles. The summed E-state index contributed by atoms with van der Waals surface area (Å²) in [7, 11) is 3.07. The van der Waals surface area contributed by atoms with E-state index in [4.69, 9.17) is 9.47 Å². The van der Waals surface area contributed by atoms with Gasteiger partial charge in [-0.3, -0.25) is 9.59 Å². The van der Waals surface area contributed by atoms with E-state index in [1.54, 1.807) is 25.3 Å². The van der Waals surface area contributed by atoms with E-state index in [9.17, 15) is 9.59 Å². The highest BCUT2D eigenvalue weighted by atomic mass is 16.5. The summed E-state index contributed by atoms with van der Waals surface area (Å²) in [5.41, 5.74) is 2.09. The molecule has 2 aliphatic rings. The third kappa shape index (κ3) is 2.91. The van der Waals surface area contributed by atoms with Gasteiger partial charge in [-0.1, -0.05) is 30.3 Å². The maximum Gasteiger partial charge on any atom is 0.282 e. The Morgan fingerprint density at radius 2 is 1.57 bits per heavy atom. The summed E-state index contributed by atoms with van der Waals surface area (Å²) in [6.45, 7) is 1.55. The van der Waals surface area contributed by atoms with E-state index < -0.39 is 0 Å². The topological polar surface area (TPSA) is 59.1 Å². The van der Waals surface area contributed by atoms with Crippen LogP contribution in [-0.2, 0) is 9.59 Å². The molecule has 0 N–H and O–H groups in total. The SMILES string of the molecule is COc1ccc(N2C(=O)C(c3ccccc3)=C(N3CCCC3)C2=O)c(OC)c1. The van der Waals surface area contributed by atoms with Crippen molar-refractivity contribution in [3.05, 3.63) is 59.8 Å². The second-order valence-electron chi connectivity index (χ2n) is 6.77. The lowest BCUT2D eigenvalue weighted by Gasteiger charge is -2.21. The Morgan fingerprint density at radius 3 is 2.21 bits per heavy atom. The molecular weight excluding hydrogens is 356 g/mol. The van der Waals surface area contributed by atoms with Gasteiger partial charge in [0.05, 0.1) is 25.5 Å². The molecule has 2 aromatic carbocycles. The van der Waals surface area contributed by atoms with Crippen molar-refractivity contribution in [2.75, 3.05) is 32.2 Å². The maximum absolute atomic E-state index is 13.4. The van der Waals surface area contributed by atoms with Gasteiger partial charge in [0.25, 0.3) is 11.8 Å². The fourth-order valence-corrected chi connectivity index (χ4v) is 3.81. The molecule has 0 radical (unpaired) electrons. The largest absolute Gasteiger partial charge is 0.497 e. The van der Waals surface area contributed by atoms with Crippen molar-refractivity contribution < 1.29 is 19.1 Å². The third-order valence-corrected chi connectivity index (χ3v) is 5.17. The van der Waals surface area contributed by atoms with E-state index in [-0.39, 0.29) is 11.8 Å². The summed E-state index contributed by atoms with van der Waals surface area (Å²) in [6.07, 6.45) is 2.03. The number of benzene rings is 2. The molecule has 28 heavy (non-hydrogen) atoms. The molecule has 0 aliphatic carbocycles. The van der Waals surface area contributed by atoms with Crippen LogP contribution in [0.5, 0.6) is 11.5 Å². The summed E-state index contributed by atoms with van der Waals surface area (Å²) >= 11 is 0. The molecule has 0 saturated carbocycles. The van der Waals surface area contributed by atoms with Crippen LogP contribution in [0.15, 0.2) is 54.2 Å². The van der Waals surface area contributed by atoms with Gasteiger partial charge in [-0.25, -0.2) is 4.90 Å². The van der Waals surface area contributed by atoms with Crippen LogP contribution in [0, 0.1) is 0 Å². The van der Waals surface area contributed by atoms with Crippen LogP contribution in [0.4, 0.5) is 5.69 Å². The molecule has 6 nitrogen and oxygen atoms in total. The highest BCUT2D eigenvalue weighted by Crippen LogP contribution is 2.40. The van der Waals surface area contributed by atoms with Gasteiger partial charge in [0.1, 0.15) is 17.2 Å². The highest BCUT2D eigenvalue weighted by molar-refractivity contribution is 6.45. The molecule has 4 rings (SSSR count). The third-order valence-electron chi connectivity index (χ3n) is 5.17. The fraction of sp³-hybridized carbons (Fsp3) is 0.273. The minimum Gasteiger partial charge on any atom is -0.497 e. The number of hydrogen-bond donors (Lipinski definition) is 0. The number of ether oxygens (including phenoxy) is 2. The molecule has 0 spiro atoms. The van der Waals surface area contributed by atoms with E-state index in [1.165, 1.54) is 12.0 Å². The monoisotopic (exact) mass is 378 g/mol. The summed E-state index contributed by atoms with van der Waals surface area (Å²) in [5, 5.41) is 0. The van der Waals surface area contributed by atoms with Crippen molar-refractivity contribution in [2.45, 2.75) is 12.8 Å². The van der Waals surface area contributed by atoms with Crippen LogP contribution in [0.3, 0.4) is 0 Å². The number of imide groups is 1. The van der Waals surface area contributed by atoms with Gasteiger partial charge in [0, 0.05) is 19.2 Å². The lowest BCUT2D eigenvalue weighted by molar-refractivity contribution is -0.120. The zero-order valence-corrected chi connectivity index (χ0v) is 16.0. The zero-order chi connectivity index (χ0) is 19.7. The number of amides is 2. The second kappa shape index (κ2) is 7.38. The molecule has 2 aromatic rings. The summed E-state index contributed by atoms with van der Waals surface area (Å²) in [5.74, 6) is 0.364. The van der Waals surface area contributed by atoms with Gasteiger partial charge in [-0.15, -0.1) is 0 Å². The number of carbonyl (C=O) groups excluding carboxylic acids is 2. The van der Waals surface area contributed by atoms with E-state index >= 15 is 0 Å². The maximum atomic E-state index is 13.4. The number of likely N-dealkylation sites (tertiary alicyclic amines) is 1. The summed E-state index contributed by atoms with van der Waals surface area (Å²) in [6, 6.07) is 14.4. The molecule has 2 aliphatic heterocycles. The van der Waals surface area contributed by atoms with Crippen LogP contribution >= 0.6 is 0 Å². The standard InChI is InChI=1S/C22H22N2O4/c1-27-16-10-11-17(18(14-16)28-2)24-21(25)19(15-8-4-3-5-9-15)20(22(24)26)23-12-6-7-13-23/h3-5,8-11,14H,6-7,12-13H2,1-2H3.